The van der Waals surface area contributed by atoms with Crippen LogP contribution >= 0.6 is 22.9 Å². The number of rotatable bonds is 8. The van der Waals surface area contributed by atoms with Crippen molar-refractivity contribution in [2.24, 2.45) is 0 Å². The minimum absolute atomic E-state index is 0.768. The van der Waals surface area contributed by atoms with Crippen molar-refractivity contribution < 1.29 is 0 Å². The molecule has 4 heteroatoms. The van der Waals surface area contributed by atoms with Crippen LogP contribution in [-0.4, -0.2) is 11.5 Å². The highest BCUT2D eigenvalue weighted by Gasteiger charge is 2.07. The number of hydrogen-bond donors (Lipinski definition) is 1. The van der Waals surface area contributed by atoms with E-state index in [4.69, 9.17) is 11.6 Å². The molecule has 0 saturated carbocycles. The van der Waals surface area contributed by atoms with Gasteiger partial charge in [-0.3, -0.25) is 0 Å². The second-order valence-electron chi connectivity index (χ2n) is 4.82. The molecule has 0 fully saturated rings. The van der Waals surface area contributed by atoms with Gasteiger partial charge in [0.15, 0.2) is 0 Å². The van der Waals surface area contributed by atoms with Crippen LogP contribution in [0.15, 0.2) is 17.6 Å². The SMILES string of the molecule is CCCCCCCCNc1c(Cl)ccc2scnc12. The van der Waals surface area contributed by atoms with Crippen LogP contribution in [0.2, 0.25) is 5.02 Å². The van der Waals surface area contributed by atoms with Crippen molar-refractivity contribution in [2.45, 2.75) is 45.4 Å². The van der Waals surface area contributed by atoms with Crippen molar-refractivity contribution >= 4 is 38.8 Å². The molecule has 0 saturated heterocycles. The van der Waals surface area contributed by atoms with E-state index in [0.717, 1.165) is 22.8 Å². The number of anilines is 1. The molecule has 2 nitrogen and oxygen atoms in total. The summed E-state index contributed by atoms with van der Waals surface area (Å²) in [6, 6.07) is 3.98. The van der Waals surface area contributed by atoms with Crippen molar-refractivity contribution in [3.63, 3.8) is 0 Å². The van der Waals surface area contributed by atoms with Gasteiger partial charge >= 0.3 is 0 Å². The van der Waals surface area contributed by atoms with Crippen LogP contribution in [0.25, 0.3) is 10.2 Å². The van der Waals surface area contributed by atoms with Gasteiger partial charge in [-0.1, -0.05) is 50.6 Å². The van der Waals surface area contributed by atoms with Gasteiger partial charge in [-0.15, -0.1) is 11.3 Å². The van der Waals surface area contributed by atoms with E-state index in [1.807, 2.05) is 17.6 Å². The number of hydrogen-bond acceptors (Lipinski definition) is 3. The lowest BCUT2D eigenvalue weighted by Gasteiger charge is -2.09. The maximum Gasteiger partial charge on any atom is 0.106 e. The first-order chi connectivity index (χ1) is 9.33. The number of nitrogens with zero attached hydrogens (tertiary/aromatic N) is 1. The van der Waals surface area contributed by atoms with E-state index < -0.39 is 0 Å². The fraction of sp³-hybridized carbons (Fsp3) is 0.533. The Kier molecular flexibility index (Phi) is 5.93. The van der Waals surface area contributed by atoms with Crippen LogP contribution < -0.4 is 5.32 Å². The van der Waals surface area contributed by atoms with Crippen LogP contribution in [0, 0.1) is 0 Å². The lowest BCUT2D eigenvalue weighted by molar-refractivity contribution is 0.617. The zero-order valence-electron chi connectivity index (χ0n) is 11.4. The highest BCUT2D eigenvalue weighted by atomic mass is 35.5. The van der Waals surface area contributed by atoms with E-state index in [1.165, 1.54) is 43.2 Å². The third-order valence-corrected chi connectivity index (χ3v) is 4.39. The lowest BCUT2D eigenvalue weighted by Crippen LogP contribution is -2.02. The number of aromatic nitrogens is 1. The van der Waals surface area contributed by atoms with E-state index in [0.29, 0.717) is 0 Å². The fourth-order valence-electron chi connectivity index (χ4n) is 2.19. The Morgan fingerprint density at radius 2 is 1.95 bits per heavy atom. The molecule has 1 N–H and O–H groups in total. The van der Waals surface area contributed by atoms with E-state index in [-0.39, 0.29) is 0 Å². The number of benzene rings is 1. The fourth-order valence-corrected chi connectivity index (χ4v) is 3.10. The molecule has 0 atom stereocenters. The largest absolute Gasteiger partial charge is 0.382 e. The van der Waals surface area contributed by atoms with Gasteiger partial charge in [-0.25, -0.2) is 4.98 Å². The van der Waals surface area contributed by atoms with Gasteiger partial charge < -0.3 is 5.32 Å². The molecule has 1 aromatic heterocycles. The maximum absolute atomic E-state index is 6.24. The summed E-state index contributed by atoms with van der Waals surface area (Å²) in [5.74, 6) is 0. The van der Waals surface area contributed by atoms with E-state index in [1.54, 1.807) is 11.3 Å². The van der Waals surface area contributed by atoms with Gasteiger partial charge in [0.1, 0.15) is 5.52 Å². The number of halogens is 1. The molecule has 0 unspecified atom stereocenters. The summed E-state index contributed by atoms with van der Waals surface area (Å²) in [6.45, 7) is 3.22. The summed E-state index contributed by atoms with van der Waals surface area (Å²) in [5, 5.41) is 4.21. The van der Waals surface area contributed by atoms with Crippen molar-refractivity contribution in [3.8, 4) is 0 Å². The molecule has 0 amide bonds. The monoisotopic (exact) mass is 296 g/mol. The first-order valence-electron chi connectivity index (χ1n) is 7.08. The summed E-state index contributed by atoms with van der Waals surface area (Å²) in [7, 11) is 0. The minimum atomic E-state index is 0.768. The van der Waals surface area contributed by atoms with Crippen LogP contribution in [0.1, 0.15) is 45.4 Å². The number of unbranched alkanes of at least 4 members (excludes halogenated alkanes) is 5. The Labute approximate surface area is 124 Å². The Balaban J connectivity index is 1.81. The third kappa shape index (κ3) is 4.08. The van der Waals surface area contributed by atoms with Crippen molar-refractivity contribution in [3.05, 3.63) is 22.7 Å². The van der Waals surface area contributed by atoms with Gasteiger partial charge in [0.2, 0.25) is 0 Å². The van der Waals surface area contributed by atoms with E-state index >= 15 is 0 Å². The number of thiazole rings is 1. The molecule has 1 aromatic carbocycles. The van der Waals surface area contributed by atoms with Crippen molar-refractivity contribution in [1.29, 1.82) is 0 Å². The third-order valence-electron chi connectivity index (χ3n) is 3.28. The second-order valence-corrected chi connectivity index (χ2v) is 6.11. The normalized spacial score (nSPS) is 11.1. The zero-order valence-corrected chi connectivity index (χ0v) is 13.0. The second kappa shape index (κ2) is 7.71. The Morgan fingerprint density at radius 3 is 2.79 bits per heavy atom. The summed E-state index contributed by atoms with van der Waals surface area (Å²) >= 11 is 7.90. The average molecular weight is 297 g/mol. The zero-order chi connectivity index (χ0) is 13.5. The molecule has 19 heavy (non-hydrogen) atoms. The Morgan fingerprint density at radius 1 is 1.16 bits per heavy atom. The van der Waals surface area contributed by atoms with Crippen LogP contribution in [-0.2, 0) is 0 Å². The lowest BCUT2D eigenvalue weighted by atomic mass is 10.1. The molecular weight excluding hydrogens is 276 g/mol. The van der Waals surface area contributed by atoms with Gasteiger partial charge in [0.25, 0.3) is 0 Å². The van der Waals surface area contributed by atoms with E-state index in [2.05, 4.69) is 17.2 Å². The molecule has 0 bridgehead atoms. The molecular formula is C15H21ClN2S. The molecule has 104 valence electrons. The maximum atomic E-state index is 6.24. The highest BCUT2D eigenvalue weighted by Crippen LogP contribution is 2.32. The standard InChI is InChI=1S/C15H21ClN2S/c1-2-3-4-5-6-7-10-17-14-12(16)8-9-13-15(14)18-11-19-13/h8-9,11,17H,2-7,10H2,1H3. The quantitative estimate of drug-likeness (QED) is 0.630. The van der Waals surface area contributed by atoms with Gasteiger partial charge in [-0.2, -0.15) is 0 Å². The average Bonchev–Trinajstić information content (AvgIpc) is 2.88. The van der Waals surface area contributed by atoms with Crippen LogP contribution in [0.3, 0.4) is 0 Å². The predicted molar refractivity (Wildman–Crippen MR) is 86.5 cm³/mol. The highest BCUT2D eigenvalue weighted by molar-refractivity contribution is 7.16. The first-order valence-corrected chi connectivity index (χ1v) is 8.34. The smallest absolute Gasteiger partial charge is 0.106 e. The van der Waals surface area contributed by atoms with Crippen LogP contribution in [0.5, 0.6) is 0 Å². The molecule has 1 heterocycles. The molecule has 0 aliphatic carbocycles. The molecule has 0 aliphatic rings. The molecule has 0 aliphatic heterocycles. The molecule has 0 radical (unpaired) electrons. The summed E-state index contributed by atoms with van der Waals surface area (Å²) in [4.78, 5) is 4.39. The van der Waals surface area contributed by atoms with Gasteiger partial charge in [-0.05, 0) is 18.6 Å². The van der Waals surface area contributed by atoms with Crippen LogP contribution in [0.4, 0.5) is 5.69 Å². The number of nitrogens with one attached hydrogen (secondary N) is 1. The molecule has 2 rings (SSSR count). The molecule has 2 aromatic rings. The summed E-state index contributed by atoms with van der Waals surface area (Å²) < 4.78 is 1.19. The van der Waals surface area contributed by atoms with Gasteiger partial charge in [0.05, 0.1) is 20.9 Å². The predicted octanol–water partition coefficient (Wildman–Crippen LogP) is 5.72. The van der Waals surface area contributed by atoms with Crippen molar-refractivity contribution in [1.82, 2.24) is 4.98 Å². The topological polar surface area (TPSA) is 24.9 Å². The summed E-state index contributed by atoms with van der Waals surface area (Å²) in [5.41, 5.74) is 3.87. The van der Waals surface area contributed by atoms with Gasteiger partial charge in [0, 0.05) is 6.54 Å². The Hall–Kier alpha value is -0.800. The van der Waals surface area contributed by atoms with Crippen molar-refractivity contribution in [2.75, 3.05) is 11.9 Å². The molecule has 0 spiro atoms. The first kappa shape index (κ1) is 14.6. The number of fused-ring (bicyclic) bond motifs is 1. The Bertz CT molecular complexity index is 510. The minimum Gasteiger partial charge on any atom is -0.382 e. The van der Waals surface area contributed by atoms with E-state index in [9.17, 15) is 0 Å². The summed E-state index contributed by atoms with van der Waals surface area (Å²) in [6.07, 6.45) is 7.85.